The average molecular weight is 240 g/mol. The normalized spacial score (nSPS) is 15.6. The second kappa shape index (κ2) is 3.94. The quantitative estimate of drug-likeness (QED) is 0.740. The monoisotopic (exact) mass is 240 g/mol. The summed E-state index contributed by atoms with van der Waals surface area (Å²) >= 11 is 0. The Morgan fingerprint density at radius 1 is 1.47 bits per heavy atom. The van der Waals surface area contributed by atoms with Crippen molar-refractivity contribution in [3.05, 3.63) is 21.7 Å². The standard InChI is InChI=1S/C11H16N2O4/c1-11(2,3)16-10(15)13-5-4-8-7(6-13)9(14)17-12-8/h12H,4-6H2,1-3H3. The first-order valence-corrected chi connectivity index (χ1v) is 5.54. The number of hydrogen-bond donors (Lipinski definition) is 1. The van der Waals surface area contributed by atoms with Crippen LogP contribution >= 0.6 is 0 Å². The lowest BCUT2D eigenvalue weighted by Gasteiger charge is -2.29. The third kappa shape index (κ3) is 2.51. The van der Waals surface area contributed by atoms with E-state index in [2.05, 4.69) is 9.68 Å². The molecule has 0 fully saturated rings. The van der Waals surface area contributed by atoms with E-state index >= 15 is 0 Å². The highest BCUT2D eigenvalue weighted by atomic mass is 16.6. The maximum atomic E-state index is 11.8. The van der Waals surface area contributed by atoms with Crippen molar-refractivity contribution in [2.45, 2.75) is 39.3 Å². The molecule has 0 aliphatic carbocycles. The summed E-state index contributed by atoms with van der Waals surface area (Å²) in [6.07, 6.45) is 0.184. The Morgan fingerprint density at radius 3 is 2.82 bits per heavy atom. The van der Waals surface area contributed by atoms with Crippen molar-refractivity contribution in [1.29, 1.82) is 0 Å². The van der Waals surface area contributed by atoms with Crippen molar-refractivity contribution in [3.63, 3.8) is 0 Å². The number of hydrogen-bond acceptors (Lipinski definition) is 4. The highest BCUT2D eigenvalue weighted by Crippen LogP contribution is 2.17. The minimum atomic E-state index is -0.528. The summed E-state index contributed by atoms with van der Waals surface area (Å²) in [5, 5.41) is 2.57. The number of nitrogens with zero attached hydrogens (tertiary/aromatic N) is 1. The molecule has 0 unspecified atom stereocenters. The molecule has 2 heterocycles. The Balaban J connectivity index is 2.10. The zero-order valence-electron chi connectivity index (χ0n) is 10.2. The van der Waals surface area contributed by atoms with Gasteiger partial charge in [-0.05, 0) is 20.8 Å². The van der Waals surface area contributed by atoms with Crippen molar-refractivity contribution >= 4 is 6.09 Å². The number of rotatable bonds is 0. The zero-order chi connectivity index (χ0) is 12.6. The van der Waals surface area contributed by atoms with E-state index in [0.29, 0.717) is 18.5 Å². The molecule has 1 aromatic rings. The molecule has 0 saturated heterocycles. The topological polar surface area (TPSA) is 75.5 Å². The van der Waals surface area contributed by atoms with Gasteiger partial charge in [-0.1, -0.05) is 0 Å². The van der Waals surface area contributed by atoms with E-state index in [9.17, 15) is 9.59 Å². The fraction of sp³-hybridized carbons (Fsp3) is 0.636. The van der Waals surface area contributed by atoms with E-state index in [-0.39, 0.29) is 6.54 Å². The Kier molecular flexibility index (Phi) is 2.73. The number of H-pyrrole nitrogens is 1. The van der Waals surface area contributed by atoms with Crippen LogP contribution < -0.4 is 5.63 Å². The highest BCUT2D eigenvalue weighted by molar-refractivity contribution is 5.68. The maximum Gasteiger partial charge on any atom is 0.410 e. The molecule has 94 valence electrons. The largest absolute Gasteiger partial charge is 0.444 e. The third-order valence-electron chi connectivity index (χ3n) is 2.51. The Labute approximate surface area is 98.5 Å². The molecule has 1 aromatic heterocycles. The van der Waals surface area contributed by atoms with Gasteiger partial charge in [-0.2, -0.15) is 0 Å². The summed E-state index contributed by atoms with van der Waals surface area (Å²) in [5.74, 6) is 0. The van der Waals surface area contributed by atoms with Gasteiger partial charge in [-0.25, -0.2) is 14.7 Å². The van der Waals surface area contributed by atoms with Crippen LogP contribution in [-0.2, 0) is 17.7 Å². The fourth-order valence-electron chi connectivity index (χ4n) is 1.72. The van der Waals surface area contributed by atoms with E-state index in [1.807, 2.05) is 20.8 Å². The Bertz CT molecular complexity index is 480. The maximum absolute atomic E-state index is 11.8. The Hall–Kier alpha value is -1.72. The van der Waals surface area contributed by atoms with E-state index in [1.165, 1.54) is 4.90 Å². The molecule has 0 spiro atoms. The summed E-state index contributed by atoms with van der Waals surface area (Å²) in [7, 11) is 0. The van der Waals surface area contributed by atoms with Crippen LogP contribution in [0, 0.1) is 0 Å². The second-order valence-electron chi connectivity index (χ2n) is 5.10. The molecular formula is C11H16N2O4. The molecule has 1 aliphatic heterocycles. The minimum Gasteiger partial charge on any atom is -0.444 e. The van der Waals surface area contributed by atoms with Crippen molar-refractivity contribution < 1.29 is 14.1 Å². The lowest BCUT2D eigenvalue weighted by Crippen LogP contribution is -2.40. The van der Waals surface area contributed by atoms with Gasteiger partial charge in [0.25, 0.3) is 0 Å². The molecule has 1 amide bonds. The molecule has 6 heteroatoms. The first-order chi connectivity index (χ1) is 7.87. The number of carbonyl (C=O) groups is 1. The zero-order valence-corrected chi connectivity index (χ0v) is 10.2. The molecule has 1 aliphatic rings. The lowest BCUT2D eigenvalue weighted by molar-refractivity contribution is 0.0223. The SMILES string of the molecule is CC(C)(C)OC(=O)N1CCc2[nH]oc(=O)c2C1. The van der Waals surface area contributed by atoms with Crippen molar-refractivity contribution in [2.24, 2.45) is 0 Å². The number of aromatic amines is 1. The van der Waals surface area contributed by atoms with Gasteiger partial charge in [0.2, 0.25) is 0 Å². The highest BCUT2D eigenvalue weighted by Gasteiger charge is 2.28. The summed E-state index contributed by atoms with van der Waals surface area (Å²) in [6, 6.07) is 0. The van der Waals surface area contributed by atoms with Crippen molar-refractivity contribution in [2.75, 3.05) is 6.54 Å². The van der Waals surface area contributed by atoms with E-state index in [1.54, 1.807) is 0 Å². The van der Waals surface area contributed by atoms with Crippen LogP contribution in [0.25, 0.3) is 0 Å². The predicted molar refractivity (Wildman–Crippen MR) is 59.7 cm³/mol. The molecular weight excluding hydrogens is 224 g/mol. The molecule has 1 N–H and O–H groups in total. The van der Waals surface area contributed by atoms with Crippen LogP contribution in [0.2, 0.25) is 0 Å². The fourth-order valence-corrected chi connectivity index (χ4v) is 1.72. The summed E-state index contributed by atoms with van der Waals surface area (Å²) < 4.78 is 9.94. The minimum absolute atomic E-state index is 0.246. The first kappa shape index (κ1) is 11.8. The average Bonchev–Trinajstić information content (AvgIpc) is 2.57. The summed E-state index contributed by atoms with van der Waals surface area (Å²) in [4.78, 5) is 24.7. The number of amides is 1. The predicted octanol–water partition coefficient (Wildman–Crippen LogP) is 1.26. The smallest absolute Gasteiger partial charge is 0.410 e. The number of fused-ring (bicyclic) bond motifs is 1. The lowest BCUT2D eigenvalue weighted by atomic mass is 10.1. The number of nitrogens with one attached hydrogen (secondary N) is 1. The number of carbonyl (C=O) groups excluding carboxylic acids is 1. The van der Waals surface area contributed by atoms with Crippen LogP contribution in [0.5, 0.6) is 0 Å². The van der Waals surface area contributed by atoms with Crippen molar-refractivity contribution in [3.8, 4) is 0 Å². The molecule has 0 saturated carbocycles. The molecule has 0 aromatic carbocycles. The van der Waals surface area contributed by atoms with Crippen LogP contribution in [-0.4, -0.2) is 28.3 Å². The van der Waals surface area contributed by atoms with Gasteiger partial charge in [-0.3, -0.25) is 0 Å². The van der Waals surface area contributed by atoms with Gasteiger partial charge in [0, 0.05) is 13.0 Å². The van der Waals surface area contributed by atoms with Crippen molar-refractivity contribution in [1.82, 2.24) is 10.1 Å². The molecule has 0 bridgehead atoms. The molecule has 2 rings (SSSR count). The second-order valence-corrected chi connectivity index (χ2v) is 5.10. The van der Waals surface area contributed by atoms with E-state index in [0.717, 1.165) is 5.69 Å². The Morgan fingerprint density at radius 2 is 2.18 bits per heavy atom. The van der Waals surface area contributed by atoms with Crippen LogP contribution in [0.3, 0.4) is 0 Å². The van der Waals surface area contributed by atoms with Crippen LogP contribution in [0.1, 0.15) is 32.0 Å². The molecule has 0 atom stereocenters. The number of aromatic nitrogens is 1. The van der Waals surface area contributed by atoms with E-state index < -0.39 is 17.3 Å². The van der Waals surface area contributed by atoms with Gasteiger partial charge in [-0.15, -0.1) is 0 Å². The van der Waals surface area contributed by atoms with Gasteiger partial charge >= 0.3 is 11.7 Å². The van der Waals surface area contributed by atoms with Crippen LogP contribution in [0.4, 0.5) is 4.79 Å². The number of ether oxygens (including phenoxy) is 1. The molecule has 17 heavy (non-hydrogen) atoms. The van der Waals surface area contributed by atoms with E-state index in [4.69, 9.17) is 4.74 Å². The van der Waals surface area contributed by atoms with Gasteiger partial charge < -0.3 is 14.2 Å². The third-order valence-corrected chi connectivity index (χ3v) is 2.51. The molecule has 0 radical (unpaired) electrons. The first-order valence-electron chi connectivity index (χ1n) is 5.54. The summed E-state index contributed by atoms with van der Waals surface area (Å²) in [5.41, 5.74) is 0.352. The van der Waals surface area contributed by atoms with Gasteiger partial charge in [0.05, 0.1) is 17.8 Å². The summed E-state index contributed by atoms with van der Waals surface area (Å²) in [6.45, 7) is 6.20. The van der Waals surface area contributed by atoms with Gasteiger partial charge in [0.1, 0.15) is 5.60 Å². The van der Waals surface area contributed by atoms with Gasteiger partial charge in [0.15, 0.2) is 0 Å². The molecule has 6 nitrogen and oxygen atoms in total. The van der Waals surface area contributed by atoms with Crippen LogP contribution in [0.15, 0.2) is 9.32 Å².